The quantitative estimate of drug-likeness (QED) is 0.577. The normalized spacial score (nSPS) is 25.9. The van der Waals surface area contributed by atoms with Crippen molar-refractivity contribution in [1.82, 2.24) is 0 Å². The van der Waals surface area contributed by atoms with E-state index in [1.165, 1.54) is 44.9 Å². The fraction of sp³-hybridized carbons (Fsp3) is 1.00. The van der Waals surface area contributed by atoms with Crippen molar-refractivity contribution in [2.45, 2.75) is 84.0 Å². The molecule has 2 heteroatoms. The summed E-state index contributed by atoms with van der Waals surface area (Å²) >= 11 is 0. The van der Waals surface area contributed by atoms with Crippen molar-refractivity contribution in [2.75, 3.05) is 6.61 Å². The predicted octanol–water partition coefficient (Wildman–Crippen LogP) is 4.28. The lowest BCUT2D eigenvalue weighted by atomic mass is 10.1. The van der Waals surface area contributed by atoms with Gasteiger partial charge in [-0.15, -0.1) is 0 Å². The van der Waals surface area contributed by atoms with Crippen LogP contribution in [0, 0.1) is 0 Å². The van der Waals surface area contributed by atoms with Crippen molar-refractivity contribution in [3.05, 3.63) is 0 Å². The SMILES string of the molecule is CCCCCCCCC[C@H]1OCC[C@H](C)O1. The van der Waals surface area contributed by atoms with Gasteiger partial charge < -0.3 is 9.47 Å². The molecule has 2 atom stereocenters. The molecule has 1 heterocycles. The van der Waals surface area contributed by atoms with Crippen molar-refractivity contribution in [2.24, 2.45) is 0 Å². The van der Waals surface area contributed by atoms with Crippen molar-refractivity contribution in [1.29, 1.82) is 0 Å². The Kier molecular flexibility index (Phi) is 7.87. The molecule has 1 aliphatic heterocycles. The Morgan fingerprint density at radius 1 is 1.00 bits per heavy atom. The van der Waals surface area contributed by atoms with E-state index in [-0.39, 0.29) is 6.29 Å². The van der Waals surface area contributed by atoms with E-state index < -0.39 is 0 Å². The van der Waals surface area contributed by atoms with E-state index in [9.17, 15) is 0 Å². The van der Waals surface area contributed by atoms with E-state index in [2.05, 4.69) is 13.8 Å². The third-order valence-corrected chi connectivity index (χ3v) is 3.26. The van der Waals surface area contributed by atoms with Crippen LogP contribution in [-0.2, 0) is 9.47 Å². The first kappa shape index (κ1) is 14.0. The molecule has 0 unspecified atom stereocenters. The van der Waals surface area contributed by atoms with Crippen molar-refractivity contribution in [3.63, 3.8) is 0 Å². The van der Waals surface area contributed by atoms with Gasteiger partial charge in [-0.05, 0) is 26.2 Å². The Balaban J connectivity index is 1.86. The summed E-state index contributed by atoms with van der Waals surface area (Å²) in [6.07, 6.45) is 12.1. The van der Waals surface area contributed by atoms with Gasteiger partial charge in [-0.3, -0.25) is 0 Å². The van der Waals surface area contributed by atoms with Crippen LogP contribution < -0.4 is 0 Å². The zero-order valence-corrected chi connectivity index (χ0v) is 11.0. The van der Waals surface area contributed by atoms with Gasteiger partial charge in [0, 0.05) is 0 Å². The van der Waals surface area contributed by atoms with E-state index in [1.807, 2.05) is 0 Å². The van der Waals surface area contributed by atoms with Gasteiger partial charge in [0.25, 0.3) is 0 Å². The molecule has 0 aromatic carbocycles. The molecule has 0 radical (unpaired) electrons. The second kappa shape index (κ2) is 9.00. The molecule has 0 aliphatic carbocycles. The van der Waals surface area contributed by atoms with Gasteiger partial charge in [0.2, 0.25) is 0 Å². The standard InChI is InChI=1S/C14H28O2/c1-3-4-5-6-7-8-9-10-14-15-12-11-13(2)16-14/h13-14H,3-12H2,1-2H3/t13-,14-/m0/s1. The molecule has 0 bridgehead atoms. The number of hydrogen-bond acceptors (Lipinski definition) is 2. The van der Waals surface area contributed by atoms with Crippen LogP contribution in [0.3, 0.4) is 0 Å². The first-order valence-electron chi connectivity index (χ1n) is 7.10. The Labute approximate surface area is 101 Å². The van der Waals surface area contributed by atoms with Crippen LogP contribution in [0.4, 0.5) is 0 Å². The largest absolute Gasteiger partial charge is 0.353 e. The van der Waals surface area contributed by atoms with Crippen molar-refractivity contribution < 1.29 is 9.47 Å². The van der Waals surface area contributed by atoms with Gasteiger partial charge in [-0.25, -0.2) is 0 Å². The third kappa shape index (κ3) is 6.49. The second-order valence-electron chi connectivity index (χ2n) is 4.95. The molecule has 0 aromatic rings. The topological polar surface area (TPSA) is 18.5 Å². The average molecular weight is 228 g/mol. The molecule has 0 amide bonds. The highest BCUT2D eigenvalue weighted by atomic mass is 16.7. The third-order valence-electron chi connectivity index (χ3n) is 3.26. The van der Waals surface area contributed by atoms with Gasteiger partial charge in [-0.2, -0.15) is 0 Å². The van der Waals surface area contributed by atoms with Crippen LogP contribution in [-0.4, -0.2) is 19.0 Å². The zero-order chi connectivity index (χ0) is 11.6. The summed E-state index contributed by atoms with van der Waals surface area (Å²) in [4.78, 5) is 0. The van der Waals surface area contributed by atoms with Crippen LogP contribution in [0.15, 0.2) is 0 Å². The molecule has 1 rings (SSSR count). The number of unbranched alkanes of at least 4 members (excludes halogenated alkanes) is 6. The zero-order valence-electron chi connectivity index (χ0n) is 11.0. The molecule has 0 N–H and O–H groups in total. The lowest BCUT2D eigenvalue weighted by Gasteiger charge is -2.28. The number of hydrogen-bond donors (Lipinski definition) is 0. The fourth-order valence-corrected chi connectivity index (χ4v) is 2.15. The van der Waals surface area contributed by atoms with E-state index in [1.54, 1.807) is 0 Å². The molecule has 2 nitrogen and oxygen atoms in total. The van der Waals surface area contributed by atoms with Crippen molar-refractivity contribution in [3.8, 4) is 0 Å². The van der Waals surface area contributed by atoms with E-state index in [0.29, 0.717) is 6.10 Å². The van der Waals surface area contributed by atoms with Crippen LogP contribution in [0.2, 0.25) is 0 Å². The molecule has 0 saturated carbocycles. The summed E-state index contributed by atoms with van der Waals surface area (Å²) in [5.41, 5.74) is 0. The van der Waals surface area contributed by atoms with Crippen LogP contribution >= 0.6 is 0 Å². The molecule has 0 spiro atoms. The summed E-state index contributed by atoms with van der Waals surface area (Å²) in [6.45, 7) is 5.28. The molecule has 16 heavy (non-hydrogen) atoms. The Morgan fingerprint density at radius 2 is 1.69 bits per heavy atom. The Bertz CT molecular complexity index is 159. The summed E-state index contributed by atoms with van der Waals surface area (Å²) in [7, 11) is 0. The smallest absolute Gasteiger partial charge is 0.157 e. The second-order valence-corrected chi connectivity index (χ2v) is 4.95. The van der Waals surface area contributed by atoms with Crippen molar-refractivity contribution >= 4 is 0 Å². The van der Waals surface area contributed by atoms with E-state index in [0.717, 1.165) is 19.4 Å². The Hall–Kier alpha value is -0.0800. The molecular formula is C14H28O2. The summed E-state index contributed by atoms with van der Waals surface area (Å²) in [6, 6.07) is 0. The Morgan fingerprint density at radius 3 is 2.38 bits per heavy atom. The monoisotopic (exact) mass is 228 g/mol. The molecule has 0 aromatic heterocycles. The minimum absolute atomic E-state index is 0.0828. The molecule has 96 valence electrons. The predicted molar refractivity (Wildman–Crippen MR) is 67.5 cm³/mol. The lowest BCUT2D eigenvalue weighted by Crippen LogP contribution is -2.30. The molecule has 1 saturated heterocycles. The molecule has 1 aliphatic rings. The highest BCUT2D eigenvalue weighted by Crippen LogP contribution is 2.17. The fourth-order valence-electron chi connectivity index (χ4n) is 2.15. The maximum atomic E-state index is 5.71. The highest BCUT2D eigenvalue weighted by Gasteiger charge is 2.18. The van der Waals surface area contributed by atoms with Gasteiger partial charge in [-0.1, -0.05) is 45.4 Å². The van der Waals surface area contributed by atoms with Gasteiger partial charge in [0.15, 0.2) is 6.29 Å². The van der Waals surface area contributed by atoms with Crippen LogP contribution in [0.1, 0.15) is 71.6 Å². The van der Waals surface area contributed by atoms with Crippen LogP contribution in [0.5, 0.6) is 0 Å². The number of rotatable bonds is 8. The van der Waals surface area contributed by atoms with E-state index >= 15 is 0 Å². The lowest BCUT2D eigenvalue weighted by molar-refractivity contribution is -0.210. The van der Waals surface area contributed by atoms with E-state index in [4.69, 9.17) is 9.47 Å². The first-order valence-corrected chi connectivity index (χ1v) is 7.10. The number of ether oxygens (including phenoxy) is 2. The van der Waals surface area contributed by atoms with Crippen LogP contribution in [0.25, 0.3) is 0 Å². The molecular weight excluding hydrogens is 200 g/mol. The summed E-state index contributed by atoms with van der Waals surface area (Å²) < 4.78 is 11.3. The maximum Gasteiger partial charge on any atom is 0.157 e. The van der Waals surface area contributed by atoms with Gasteiger partial charge in [0.05, 0.1) is 12.7 Å². The maximum absolute atomic E-state index is 5.71. The first-order chi connectivity index (χ1) is 7.83. The minimum Gasteiger partial charge on any atom is -0.353 e. The van der Waals surface area contributed by atoms with Gasteiger partial charge in [0.1, 0.15) is 0 Å². The highest BCUT2D eigenvalue weighted by molar-refractivity contribution is 4.59. The minimum atomic E-state index is 0.0828. The van der Waals surface area contributed by atoms with Gasteiger partial charge >= 0.3 is 0 Å². The molecule has 1 fully saturated rings. The average Bonchev–Trinajstić information content (AvgIpc) is 2.28. The summed E-state index contributed by atoms with van der Waals surface area (Å²) in [5.74, 6) is 0. The summed E-state index contributed by atoms with van der Waals surface area (Å²) in [5, 5.41) is 0.